The predicted octanol–water partition coefficient (Wildman–Crippen LogP) is 2.79. The van der Waals surface area contributed by atoms with Crippen LogP contribution in [0.2, 0.25) is 5.02 Å². The molecule has 3 nitrogen and oxygen atoms in total. The summed E-state index contributed by atoms with van der Waals surface area (Å²) in [6.45, 7) is 4.85. The molecule has 104 valence electrons. The molecule has 0 spiro atoms. The quantitative estimate of drug-likeness (QED) is 0.878. The molecular weight excluding hydrogens is 272 g/mol. The molecule has 0 bridgehead atoms. The van der Waals surface area contributed by atoms with Gasteiger partial charge in [-0.2, -0.15) is 0 Å². The number of nitrogens with zero attached hydrogens (tertiary/aromatic N) is 1. The van der Waals surface area contributed by atoms with Crippen LogP contribution in [0, 0.1) is 12.3 Å². The fourth-order valence-electron chi connectivity index (χ4n) is 2.09. The van der Waals surface area contributed by atoms with E-state index < -0.39 is 0 Å². The van der Waals surface area contributed by atoms with Gasteiger partial charge in [0.05, 0.1) is 12.1 Å². The lowest BCUT2D eigenvalue weighted by Crippen LogP contribution is -2.30. The molecule has 0 saturated heterocycles. The molecule has 0 fully saturated rings. The van der Waals surface area contributed by atoms with E-state index in [-0.39, 0.29) is 12.1 Å². The highest BCUT2D eigenvalue weighted by molar-refractivity contribution is 6.31. The first-order valence-corrected chi connectivity index (χ1v) is 6.89. The van der Waals surface area contributed by atoms with Crippen molar-refractivity contribution in [3.8, 4) is 12.3 Å². The minimum Gasteiger partial charge on any atom is -0.310 e. The summed E-state index contributed by atoms with van der Waals surface area (Å²) in [5.41, 5.74) is 1.42. The third kappa shape index (κ3) is 3.04. The molecule has 20 heavy (non-hydrogen) atoms. The zero-order chi connectivity index (χ0) is 14.7. The van der Waals surface area contributed by atoms with E-state index in [0.717, 1.165) is 10.9 Å². The fourth-order valence-corrected chi connectivity index (χ4v) is 2.26. The van der Waals surface area contributed by atoms with Crippen molar-refractivity contribution in [3.05, 3.63) is 45.2 Å². The van der Waals surface area contributed by atoms with Crippen LogP contribution in [0.25, 0.3) is 10.9 Å². The van der Waals surface area contributed by atoms with Crippen LogP contribution < -0.4 is 10.9 Å². The number of halogens is 1. The molecule has 1 aromatic carbocycles. The summed E-state index contributed by atoms with van der Waals surface area (Å²) in [6.07, 6.45) is 5.37. The van der Waals surface area contributed by atoms with Crippen LogP contribution >= 0.6 is 11.6 Å². The number of fused-ring (bicyclic) bond motifs is 1. The normalized spacial score (nSPS) is 10.9. The molecule has 0 amide bonds. The minimum atomic E-state index is -0.0640. The van der Waals surface area contributed by atoms with E-state index in [4.69, 9.17) is 18.0 Å². The van der Waals surface area contributed by atoms with E-state index >= 15 is 0 Å². The SMILES string of the molecule is C#CCn1c(=O)c(CNC(C)C)cc2ccc(Cl)cc21. The number of terminal acetylenes is 1. The molecule has 1 heterocycles. The van der Waals surface area contributed by atoms with Crippen LogP contribution in [-0.2, 0) is 13.1 Å². The predicted molar refractivity (Wildman–Crippen MR) is 84.0 cm³/mol. The molecule has 4 heteroatoms. The largest absolute Gasteiger partial charge is 0.310 e. The van der Waals surface area contributed by atoms with Gasteiger partial charge in [-0.1, -0.05) is 37.4 Å². The van der Waals surface area contributed by atoms with E-state index in [2.05, 4.69) is 11.2 Å². The van der Waals surface area contributed by atoms with Gasteiger partial charge in [-0.05, 0) is 23.6 Å². The van der Waals surface area contributed by atoms with Gasteiger partial charge in [0.15, 0.2) is 0 Å². The van der Waals surface area contributed by atoms with E-state index in [9.17, 15) is 4.79 Å². The molecule has 0 aliphatic carbocycles. The lowest BCUT2D eigenvalue weighted by atomic mass is 10.1. The molecule has 0 aliphatic rings. The van der Waals surface area contributed by atoms with Crippen LogP contribution in [0.1, 0.15) is 19.4 Å². The zero-order valence-corrected chi connectivity index (χ0v) is 12.4. The van der Waals surface area contributed by atoms with Crippen molar-refractivity contribution in [2.45, 2.75) is 33.0 Å². The van der Waals surface area contributed by atoms with Crippen molar-refractivity contribution in [2.75, 3.05) is 0 Å². The van der Waals surface area contributed by atoms with Crippen LogP contribution in [0.4, 0.5) is 0 Å². The van der Waals surface area contributed by atoms with Crippen molar-refractivity contribution in [1.82, 2.24) is 9.88 Å². The molecule has 1 aromatic heterocycles. The molecule has 1 N–H and O–H groups in total. The zero-order valence-electron chi connectivity index (χ0n) is 11.6. The summed E-state index contributed by atoms with van der Waals surface area (Å²) < 4.78 is 1.60. The Morgan fingerprint density at radius 1 is 1.40 bits per heavy atom. The smallest absolute Gasteiger partial charge is 0.256 e. The Balaban J connectivity index is 2.61. The molecule has 2 aromatic rings. The number of hydrogen-bond donors (Lipinski definition) is 1. The van der Waals surface area contributed by atoms with Gasteiger partial charge in [0.2, 0.25) is 0 Å². The Bertz CT molecular complexity index is 726. The highest BCUT2D eigenvalue weighted by atomic mass is 35.5. The van der Waals surface area contributed by atoms with Crippen molar-refractivity contribution in [3.63, 3.8) is 0 Å². The molecule has 0 atom stereocenters. The summed E-state index contributed by atoms with van der Waals surface area (Å²) in [6, 6.07) is 7.71. The average Bonchev–Trinajstić information content (AvgIpc) is 2.40. The molecule has 0 unspecified atom stereocenters. The lowest BCUT2D eigenvalue weighted by Gasteiger charge is -2.13. The first kappa shape index (κ1) is 14.6. The van der Waals surface area contributed by atoms with E-state index in [1.165, 1.54) is 0 Å². The Morgan fingerprint density at radius 2 is 2.15 bits per heavy atom. The van der Waals surface area contributed by atoms with E-state index in [1.54, 1.807) is 10.6 Å². The fraction of sp³-hybridized carbons (Fsp3) is 0.312. The lowest BCUT2D eigenvalue weighted by molar-refractivity contribution is 0.583. The van der Waals surface area contributed by atoms with Crippen LogP contribution in [-0.4, -0.2) is 10.6 Å². The Hall–Kier alpha value is -1.76. The average molecular weight is 289 g/mol. The van der Waals surface area contributed by atoms with Gasteiger partial charge in [0, 0.05) is 23.2 Å². The topological polar surface area (TPSA) is 34.0 Å². The number of pyridine rings is 1. The number of nitrogens with one attached hydrogen (secondary N) is 1. The van der Waals surface area contributed by atoms with E-state index in [1.807, 2.05) is 32.0 Å². The molecule has 2 rings (SSSR count). The maximum atomic E-state index is 12.5. The second kappa shape index (κ2) is 6.13. The van der Waals surface area contributed by atoms with Gasteiger partial charge >= 0.3 is 0 Å². The Kier molecular flexibility index (Phi) is 4.49. The van der Waals surface area contributed by atoms with Gasteiger partial charge < -0.3 is 5.32 Å². The van der Waals surface area contributed by atoms with Crippen molar-refractivity contribution in [2.24, 2.45) is 0 Å². The number of benzene rings is 1. The third-order valence-corrected chi connectivity index (χ3v) is 3.32. The first-order valence-electron chi connectivity index (χ1n) is 6.51. The molecule has 0 radical (unpaired) electrons. The maximum Gasteiger partial charge on any atom is 0.256 e. The van der Waals surface area contributed by atoms with Crippen molar-refractivity contribution < 1.29 is 0 Å². The first-order chi connectivity index (χ1) is 9.52. The molecule has 0 saturated carbocycles. The molecule has 0 aliphatic heterocycles. The Morgan fingerprint density at radius 3 is 2.80 bits per heavy atom. The summed E-state index contributed by atoms with van der Waals surface area (Å²) in [7, 11) is 0. The summed E-state index contributed by atoms with van der Waals surface area (Å²) in [4.78, 5) is 12.5. The number of hydrogen-bond acceptors (Lipinski definition) is 2. The molecular formula is C16H17ClN2O. The van der Waals surface area contributed by atoms with Crippen LogP contribution in [0.3, 0.4) is 0 Å². The van der Waals surface area contributed by atoms with Gasteiger partial charge in [-0.25, -0.2) is 0 Å². The summed E-state index contributed by atoms with van der Waals surface area (Å²) in [5.74, 6) is 2.53. The maximum absolute atomic E-state index is 12.5. The van der Waals surface area contributed by atoms with Crippen molar-refractivity contribution in [1.29, 1.82) is 0 Å². The standard InChI is InChI=1S/C16H17ClN2O/c1-4-7-19-15-9-14(17)6-5-12(15)8-13(16(19)20)10-18-11(2)3/h1,5-6,8-9,11,18H,7,10H2,2-3H3. The summed E-state index contributed by atoms with van der Waals surface area (Å²) in [5, 5.41) is 4.81. The number of aromatic nitrogens is 1. The monoisotopic (exact) mass is 288 g/mol. The number of rotatable bonds is 4. The highest BCUT2D eigenvalue weighted by Gasteiger charge is 2.09. The highest BCUT2D eigenvalue weighted by Crippen LogP contribution is 2.19. The van der Waals surface area contributed by atoms with Gasteiger partial charge in [-0.15, -0.1) is 6.42 Å². The second-order valence-corrected chi connectivity index (χ2v) is 5.44. The van der Waals surface area contributed by atoms with Gasteiger partial charge in [-0.3, -0.25) is 9.36 Å². The van der Waals surface area contributed by atoms with Crippen LogP contribution in [0.5, 0.6) is 0 Å². The Labute approximate surface area is 123 Å². The van der Waals surface area contributed by atoms with E-state index in [0.29, 0.717) is 23.2 Å². The minimum absolute atomic E-state index is 0.0640. The summed E-state index contributed by atoms with van der Waals surface area (Å²) >= 11 is 6.01. The van der Waals surface area contributed by atoms with Gasteiger partial charge in [0.1, 0.15) is 0 Å². The van der Waals surface area contributed by atoms with Crippen molar-refractivity contribution >= 4 is 22.5 Å². The van der Waals surface area contributed by atoms with Gasteiger partial charge in [0.25, 0.3) is 5.56 Å². The third-order valence-electron chi connectivity index (χ3n) is 3.08. The van der Waals surface area contributed by atoms with Crippen LogP contribution in [0.15, 0.2) is 29.1 Å². The second-order valence-electron chi connectivity index (χ2n) is 5.00.